The van der Waals surface area contributed by atoms with Crippen LogP contribution in [0.4, 0.5) is 0 Å². The number of nitrogens with zero attached hydrogens (tertiary/aromatic N) is 2. The maximum atomic E-state index is 3.72. The van der Waals surface area contributed by atoms with Crippen molar-refractivity contribution in [2.45, 2.75) is 38.6 Å². The topological polar surface area (TPSA) is 6.48 Å². The van der Waals surface area contributed by atoms with Gasteiger partial charge in [0.1, 0.15) is 0 Å². The SMILES string of the molecule is CC1CN(CCN2CCCCC2)Cc2cccc(Br)c21. The molecule has 1 fully saturated rings. The van der Waals surface area contributed by atoms with Crippen LogP contribution < -0.4 is 0 Å². The van der Waals surface area contributed by atoms with Gasteiger partial charge in [0.05, 0.1) is 0 Å². The number of halogens is 1. The van der Waals surface area contributed by atoms with E-state index in [1.165, 1.54) is 67.6 Å². The molecule has 2 heterocycles. The van der Waals surface area contributed by atoms with E-state index < -0.39 is 0 Å². The van der Waals surface area contributed by atoms with E-state index in [1.807, 2.05) is 0 Å². The lowest BCUT2D eigenvalue weighted by Crippen LogP contribution is -2.40. The molecule has 0 bridgehead atoms. The van der Waals surface area contributed by atoms with Crippen molar-refractivity contribution < 1.29 is 0 Å². The van der Waals surface area contributed by atoms with Crippen LogP contribution >= 0.6 is 15.9 Å². The molecule has 0 saturated carbocycles. The van der Waals surface area contributed by atoms with Crippen LogP contribution in [0.2, 0.25) is 0 Å². The minimum atomic E-state index is 0.635. The zero-order valence-corrected chi connectivity index (χ0v) is 14.0. The Balaban J connectivity index is 1.60. The number of likely N-dealkylation sites (tertiary alicyclic amines) is 1. The van der Waals surface area contributed by atoms with E-state index >= 15 is 0 Å². The highest BCUT2D eigenvalue weighted by Crippen LogP contribution is 2.33. The summed E-state index contributed by atoms with van der Waals surface area (Å²) >= 11 is 3.72. The zero-order valence-electron chi connectivity index (χ0n) is 12.4. The van der Waals surface area contributed by atoms with Gasteiger partial charge in [-0.15, -0.1) is 0 Å². The molecule has 1 atom stereocenters. The van der Waals surface area contributed by atoms with Crippen molar-refractivity contribution in [2.75, 3.05) is 32.7 Å². The van der Waals surface area contributed by atoms with Crippen LogP contribution in [-0.2, 0) is 6.54 Å². The number of benzene rings is 1. The summed E-state index contributed by atoms with van der Waals surface area (Å²) in [6.07, 6.45) is 4.22. The maximum absolute atomic E-state index is 3.72. The van der Waals surface area contributed by atoms with Crippen LogP contribution in [0.25, 0.3) is 0 Å². The van der Waals surface area contributed by atoms with Crippen LogP contribution in [0.5, 0.6) is 0 Å². The lowest BCUT2D eigenvalue weighted by molar-refractivity contribution is 0.167. The van der Waals surface area contributed by atoms with Crippen molar-refractivity contribution in [2.24, 2.45) is 0 Å². The Hall–Kier alpha value is -0.380. The molecule has 0 aromatic heterocycles. The summed E-state index contributed by atoms with van der Waals surface area (Å²) in [5, 5.41) is 0. The first-order valence-electron chi connectivity index (χ1n) is 7.96. The molecule has 3 rings (SSSR count). The van der Waals surface area contributed by atoms with Gasteiger partial charge in [-0.3, -0.25) is 4.90 Å². The Bertz CT molecular complexity index is 454. The van der Waals surface area contributed by atoms with E-state index in [2.05, 4.69) is 50.9 Å². The highest BCUT2D eigenvalue weighted by molar-refractivity contribution is 9.10. The minimum Gasteiger partial charge on any atom is -0.302 e. The number of hydrogen-bond acceptors (Lipinski definition) is 2. The molecule has 0 radical (unpaired) electrons. The van der Waals surface area contributed by atoms with Crippen LogP contribution in [0.1, 0.15) is 43.2 Å². The summed E-state index contributed by atoms with van der Waals surface area (Å²) in [5.41, 5.74) is 3.04. The molecular formula is C17H25BrN2. The Morgan fingerprint density at radius 1 is 1.10 bits per heavy atom. The van der Waals surface area contributed by atoms with Crippen molar-refractivity contribution in [3.63, 3.8) is 0 Å². The number of piperidine rings is 1. The molecule has 0 amide bonds. The summed E-state index contributed by atoms with van der Waals surface area (Å²) in [7, 11) is 0. The van der Waals surface area contributed by atoms with E-state index in [4.69, 9.17) is 0 Å². The van der Waals surface area contributed by atoms with Crippen molar-refractivity contribution >= 4 is 15.9 Å². The van der Waals surface area contributed by atoms with Gasteiger partial charge in [-0.1, -0.05) is 41.4 Å². The fourth-order valence-corrected chi connectivity index (χ4v) is 4.49. The molecule has 1 unspecified atom stereocenters. The van der Waals surface area contributed by atoms with E-state index in [9.17, 15) is 0 Å². The monoisotopic (exact) mass is 336 g/mol. The van der Waals surface area contributed by atoms with E-state index in [-0.39, 0.29) is 0 Å². The van der Waals surface area contributed by atoms with Crippen molar-refractivity contribution in [3.8, 4) is 0 Å². The Kier molecular flexibility index (Phi) is 4.79. The van der Waals surface area contributed by atoms with Gasteiger partial charge < -0.3 is 4.90 Å². The van der Waals surface area contributed by atoms with Crippen molar-refractivity contribution in [1.82, 2.24) is 9.80 Å². The molecule has 2 aliphatic rings. The van der Waals surface area contributed by atoms with Gasteiger partial charge in [-0.05, 0) is 49.0 Å². The first-order chi connectivity index (χ1) is 9.74. The molecule has 2 nitrogen and oxygen atoms in total. The largest absolute Gasteiger partial charge is 0.302 e. The fourth-order valence-electron chi connectivity index (χ4n) is 3.69. The molecule has 1 aromatic rings. The second-order valence-corrected chi connectivity index (χ2v) is 7.21. The van der Waals surface area contributed by atoms with Gasteiger partial charge in [-0.2, -0.15) is 0 Å². The van der Waals surface area contributed by atoms with E-state index in [1.54, 1.807) is 0 Å². The fraction of sp³-hybridized carbons (Fsp3) is 0.647. The average molecular weight is 337 g/mol. The third-order valence-electron chi connectivity index (χ3n) is 4.74. The number of hydrogen-bond donors (Lipinski definition) is 0. The smallest absolute Gasteiger partial charge is 0.0237 e. The van der Waals surface area contributed by atoms with Crippen LogP contribution in [0, 0.1) is 0 Å². The summed E-state index contributed by atoms with van der Waals surface area (Å²) < 4.78 is 1.29. The maximum Gasteiger partial charge on any atom is 0.0237 e. The molecule has 3 heteroatoms. The first kappa shape index (κ1) is 14.6. The second-order valence-electron chi connectivity index (χ2n) is 6.35. The van der Waals surface area contributed by atoms with Gasteiger partial charge in [-0.25, -0.2) is 0 Å². The molecule has 1 saturated heterocycles. The van der Waals surface area contributed by atoms with Gasteiger partial charge in [0.2, 0.25) is 0 Å². The second kappa shape index (κ2) is 6.59. The first-order valence-corrected chi connectivity index (χ1v) is 8.75. The summed E-state index contributed by atoms with van der Waals surface area (Å²) in [4.78, 5) is 5.28. The van der Waals surface area contributed by atoms with Crippen LogP contribution in [-0.4, -0.2) is 42.5 Å². The highest BCUT2D eigenvalue weighted by atomic mass is 79.9. The average Bonchev–Trinajstić information content (AvgIpc) is 2.46. The third-order valence-corrected chi connectivity index (χ3v) is 5.43. The van der Waals surface area contributed by atoms with Gasteiger partial charge in [0.15, 0.2) is 0 Å². The molecule has 1 aromatic carbocycles. The molecule has 2 aliphatic heterocycles. The van der Waals surface area contributed by atoms with Crippen LogP contribution in [0.15, 0.2) is 22.7 Å². The summed E-state index contributed by atoms with van der Waals surface area (Å²) in [6, 6.07) is 6.64. The van der Waals surface area contributed by atoms with Gasteiger partial charge in [0, 0.05) is 30.7 Å². The quantitative estimate of drug-likeness (QED) is 0.827. The minimum absolute atomic E-state index is 0.635. The Morgan fingerprint density at radius 2 is 1.85 bits per heavy atom. The molecule has 0 spiro atoms. The Labute approximate surface area is 131 Å². The summed E-state index contributed by atoms with van der Waals surface area (Å²) in [5.74, 6) is 0.635. The van der Waals surface area contributed by atoms with Crippen molar-refractivity contribution in [1.29, 1.82) is 0 Å². The van der Waals surface area contributed by atoms with Crippen molar-refractivity contribution in [3.05, 3.63) is 33.8 Å². The highest BCUT2D eigenvalue weighted by Gasteiger charge is 2.24. The van der Waals surface area contributed by atoms with Gasteiger partial charge in [0.25, 0.3) is 0 Å². The van der Waals surface area contributed by atoms with E-state index in [0.717, 1.165) is 6.54 Å². The Morgan fingerprint density at radius 3 is 2.65 bits per heavy atom. The lowest BCUT2D eigenvalue weighted by atomic mass is 9.91. The molecule has 110 valence electrons. The molecular weight excluding hydrogens is 312 g/mol. The number of rotatable bonds is 3. The normalized spacial score (nSPS) is 24.6. The van der Waals surface area contributed by atoms with Gasteiger partial charge >= 0.3 is 0 Å². The lowest BCUT2D eigenvalue weighted by Gasteiger charge is -2.35. The molecule has 0 aliphatic carbocycles. The van der Waals surface area contributed by atoms with E-state index in [0.29, 0.717) is 5.92 Å². The predicted octanol–water partition coefficient (Wildman–Crippen LogP) is 3.85. The standard InChI is InChI=1S/C17H25BrN2/c1-14-12-20(11-10-19-8-3-2-4-9-19)13-15-6-5-7-16(18)17(14)15/h5-7,14H,2-4,8-13H2,1H3. The molecule has 0 N–H and O–H groups in total. The number of fused-ring (bicyclic) bond motifs is 1. The predicted molar refractivity (Wildman–Crippen MR) is 88.1 cm³/mol. The summed E-state index contributed by atoms with van der Waals surface area (Å²) in [6.45, 7) is 9.76. The third kappa shape index (κ3) is 3.26. The van der Waals surface area contributed by atoms with Crippen LogP contribution in [0.3, 0.4) is 0 Å². The zero-order chi connectivity index (χ0) is 13.9. The molecule has 20 heavy (non-hydrogen) atoms.